The van der Waals surface area contributed by atoms with Crippen molar-refractivity contribution in [3.63, 3.8) is 0 Å². The first-order chi connectivity index (χ1) is 11.4. The molecule has 4 rings (SSSR count). The van der Waals surface area contributed by atoms with Crippen molar-refractivity contribution in [1.29, 1.82) is 0 Å². The summed E-state index contributed by atoms with van der Waals surface area (Å²) in [5, 5.41) is 9.72. The first-order valence-corrected chi connectivity index (χ1v) is 10.5. The van der Waals surface area contributed by atoms with E-state index in [-0.39, 0.29) is 0 Å². The molecule has 4 fully saturated rings. The molecule has 0 radical (unpaired) electrons. The summed E-state index contributed by atoms with van der Waals surface area (Å²) in [6.07, 6.45) is 10.9. The van der Waals surface area contributed by atoms with Gasteiger partial charge in [-0.05, 0) is 91.3 Å². The summed E-state index contributed by atoms with van der Waals surface area (Å²) in [5.74, 6) is 4.96. The van der Waals surface area contributed by atoms with Crippen molar-refractivity contribution in [3.8, 4) is 0 Å². The van der Waals surface area contributed by atoms with E-state index in [4.69, 9.17) is 0 Å². The second-order valence-corrected chi connectivity index (χ2v) is 10.3. The molecule has 2 heteroatoms. The molecular weight excluding hydrogens is 296 g/mol. The van der Waals surface area contributed by atoms with Crippen LogP contribution in [0.25, 0.3) is 0 Å². The van der Waals surface area contributed by atoms with Crippen LogP contribution in [0.3, 0.4) is 0 Å². The zero-order valence-electron chi connectivity index (χ0n) is 15.9. The number of aliphatic hydroxyl groups excluding tert-OH is 1. The lowest BCUT2D eigenvalue weighted by molar-refractivity contribution is -0.140. The third-order valence-corrected chi connectivity index (χ3v) is 9.53. The lowest BCUT2D eigenvalue weighted by Crippen LogP contribution is -2.53. The molecule has 0 spiro atoms. The Morgan fingerprint density at radius 1 is 1.04 bits per heavy atom. The van der Waals surface area contributed by atoms with Crippen LogP contribution in [-0.2, 0) is 4.79 Å². The normalized spacial score (nSPS) is 52.3. The van der Waals surface area contributed by atoms with E-state index in [9.17, 15) is 9.90 Å². The zero-order chi connectivity index (χ0) is 17.1. The van der Waals surface area contributed by atoms with Crippen molar-refractivity contribution >= 4 is 5.78 Å². The second-order valence-electron chi connectivity index (χ2n) is 10.3. The zero-order valence-corrected chi connectivity index (χ0v) is 15.9. The number of rotatable bonds is 2. The molecule has 0 saturated heterocycles. The Hall–Kier alpha value is -0.370. The Morgan fingerprint density at radius 2 is 1.79 bits per heavy atom. The third kappa shape index (κ3) is 2.27. The quantitative estimate of drug-likeness (QED) is 0.785. The summed E-state index contributed by atoms with van der Waals surface area (Å²) in [7, 11) is 0. The van der Waals surface area contributed by atoms with Gasteiger partial charge in [0.25, 0.3) is 0 Å². The van der Waals surface area contributed by atoms with Crippen LogP contribution in [0.4, 0.5) is 0 Å². The minimum absolute atomic E-state index is 0.350. The lowest BCUT2D eigenvalue weighted by Gasteiger charge is -2.60. The van der Waals surface area contributed by atoms with Crippen LogP contribution in [-0.4, -0.2) is 17.5 Å². The molecule has 136 valence electrons. The van der Waals surface area contributed by atoms with Gasteiger partial charge < -0.3 is 5.11 Å². The number of aliphatic hydroxyl groups is 1. The number of carbonyl (C=O) groups excluding carboxylic acids is 1. The summed E-state index contributed by atoms with van der Waals surface area (Å²) in [5.41, 5.74) is 0.885. The van der Waals surface area contributed by atoms with Crippen LogP contribution in [0, 0.1) is 46.3 Å². The highest BCUT2D eigenvalue weighted by atomic mass is 16.3. The standard InChI is InChI=1S/C22H36O2/c1-14(13-23)18-6-7-19-17-5-4-15-12-16(24)8-10-21(15,2)20(17)9-11-22(18,19)3/h14-15,17-20,23H,4-13H2,1-3H3/t14-,15+,17?,18-,19?,20?,21+,22-/m1/s1. The van der Waals surface area contributed by atoms with E-state index < -0.39 is 0 Å². The molecule has 4 saturated carbocycles. The van der Waals surface area contributed by atoms with E-state index in [2.05, 4.69) is 20.8 Å². The average Bonchev–Trinajstić information content (AvgIpc) is 2.92. The van der Waals surface area contributed by atoms with E-state index in [1.165, 1.54) is 38.5 Å². The van der Waals surface area contributed by atoms with E-state index in [0.717, 1.165) is 37.0 Å². The monoisotopic (exact) mass is 332 g/mol. The molecule has 0 heterocycles. The molecule has 0 amide bonds. The van der Waals surface area contributed by atoms with Gasteiger partial charge in [0.1, 0.15) is 5.78 Å². The topological polar surface area (TPSA) is 37.3 Å². The molecule has 2 nitrogen and oxygen atoms in total. The third-order valence-electron chi connectivity index (χ3n) is 9.53. The number of Topliss-reactive ketones (excluding diaryl/α,β-unsaturated/α-hetero) is 1. The van der Waals surface area contributed by atoms with Crippen molar-refractivity contribution in [2.45, 2.75) is 78.6 Å². The Morgan fingerprint density at radius 3 is 2.54 bits per heavy atom. The number of hydrogen-bond donors (Lipinski definition) is 1. The Labute approximate surface area is 147 Å². The molecule has 1 N–H and O–H groups in total. The maximum absolute atomic E-state index is 12.0. The number of hydrogen-bond acceptors (Lipinski definition) is 2. The predicted molar refractivity (Wildman–Crippen MR) is 96.5 cm³/mol. The average molecular weight is 333 g/mol. The van der Waals surface area contributed by atoms with Crippen molar-refractivity contribution < 1.29 is 9.90 Å². The molecule has 0 aromatic rings. The lowest BCUT2D eigenvalue weighted by atomic mass is 9.44. The first-order valence-electron chi connectivity index (χ1n) is 10.5. The highest BCUT2D eigenvalue weighted by molar-refractivity contribution is 5.79. The summed E-state index contributed by atoms with van der Waals surface area (Å²) in [4.78, 5) is 12.0. The maximum Gasteiger partial charge on any atom is 0.133 e. The smallest absolute Gasteiger partial charge is 0.133 e. The highest BCUT2D eigenvalue weighted by Gasteiger charge is 2.60. The maximum atomic E-state index is 12.0. The van der Waals surface area contributed by atoms with Gasteiger partial charge >= 0.3 is 0 Å². The van der Waals surface area contributed by atoms with Crippen molar-refractivity contribution in [2.75, 3.05) is 6.61 Å². The summed E-state index contributed by atoms with van der Waals surface area (Å²) in [6.45, 7) is 7.70. The van der Waals surface area contributed by atoms with Crippen LogP contribution >= 0.6 is 0 Å². The van der Waals surface area contributed by atoms with E-state index >= 15 is 0 Å². The molecule has 4 aliphatic rings. The van der Waals surface area contributed by atoms with Gasteiger partial charge in [-0.25, -0.2) is 0 Å². The second kappa shape index (κ2) is 5.83. The van der Waals surface area contributed by atoms with E-state index in [1.54, 1.807) is 0 Å². The number of ketones is 1. The predicted octanol–water partition coefficient (Wildman–Crippen LogP) is 4.84. The van der Waals surface area contributed by atoms with Crippen LogP contribution in [0.2, 0.25) is 0 Å². The van der Waals surface area contributed by atoms with E-state index in [1.807, 2.05) is 0 Å². The Kier molecular flexibility index (Phi) is 4.14. The molecule has 0 bridgehead atoms. The van der Waals surface area contributed by atoms with Crippen LogP contribution in [0.15, 0.2) is 0 Å². The fourth-order valence-electron chi connectivity index (χ4n) is 8.15. The van der Waals surface area contributed by atoms with Gasteiger partial charge in [0.15, 0.2) is 0 Å². The van der Waals surface area contributed by atoms with Crippen LogP contribution in [0.5, 0.6) is 0 Å². The van der Waals surface area contributed by atoms with Gasteiger partial charge in [0, 0.05) is 19.4 Å². The van der Waals surface area contributed by atoms with Crippen LogP contribution < -0.4 is 0 Å². The molecule has 0 aliphatic heterocycles. The largest absolute Gasteiger partial charge is 0.396 e. The molecule has 8 atom stereocenters. The minimum atomic E-state index is 0.350. The Bertz CT molecular complexity index is 514. The van der Waals surface area contributed by atoms with Gasteiger partial charge in [-0.3, -0.25) is 4.79 Å². The molecule has 24 heavy (non-hydrogen) atoms. The van der Waals surface area contributed by atoms with Gasteiger partial charge in [0.2, 0.25) is 0 Å². The summed E-state index contributed by atoms with van der Waals surface area (Å²) in [6, 6.07) is 0. The van der Waals surface area contributed by atoms with Crippen molar-refractivity contribution in [1.82, 2.24) is 0 Å². The molecular formula is C22H36O2. The molecule has 4 aliphatic carbocycles. The van der Waals surface area contributed by atoms with Crippen LogP contribution in [0.1, 0.15) is 78.6 Å². The SMILES string of the molecule is C[C@H](CO)[C@H]1CCC2C3CC[C@H]4CC(=O)CC[C@]4(C)C3CC[C@@]21C. The van der Waals surface area contributed by atoms with Crippen molar-refractivity contribution in [3.05, 3.63) is 0 Å². The van der Waals surface area contributed by atoms with Gasteiger partial charge in [0.05, 0.1) is 0 Å². The Balaban J connectivity index is 1.60. The molecule has 3 unspecified atom stereocenters. The van der Waals surface area contributed by atoms with E-state index in [0.29, 0.717) is 41.0 Å². The highest BCUT2D eigenvalue weighted by Crippen LogP contribution is 2.67. The minimum Gasteiger partial charge on any atom is -0.396 e. The number of fused-ring (bicyclic) bond motifs is 5. The number of carbonyl (C=O) groups is 1. The fraction of sp³-hybridized carbons (Fsp3) is 0.955. The van der Waals surface area contributed by atoms with Crippen molar-refractivity contribution in [2.24, 2.45) is 46.3 Å². The van der Waals surface area contributed by atoms with Gasteiger partial charge in [-0.2, -0.15) is 0 Å². The van der Waals surface area contributed by atoms with Gasteiger partial charge in [-0.1, -0.05) is 20.8 Å². The fourth-order valence-corrected chi connectivity index (χ4v) is 8.15. The van der Waals surface area contributed by atoms with Gasteiger partial charge in [-0.15, -0.1) is 0 Å². The summed E-state index contributed by atoms with van der Waals surface area (Å²) < 4.78 is 0. The molecule has 0 aromatic heterocycles. The summed E-state index contributed by atoms with van der Waals surface area (Å²) >= 11 is 0. The first kappa shape index (κ1) is 17.1. The molecule has 0 aromatic carbocycles.